The van der Waals surface area contributed by atoms with Crippen LogP contribution < -0.4 is 11.1 Å². The molecule has 1 unspecified atom stereocenters. The number of nitrogens with two attached hydrogens (primary N) is 1. The van der Waals surface area contributed by atoms with Crippen molar-refractivity contribution >= 4 is 11.8 Å². The molecule has 0 bridgehead atoms. The quantitative estimate of drug-likeness (QED) is 0.755. The molecule has 5 nitrogen and oxygen atoms in total. The molecule has 14 heavy (non-hydrogen) atoms. The molecule has 1 aromatic heterocycles. The highest BCUT2D eigenvalue weighted by Gasteiger charge is 2.06. The van der Waals surface area contributed by atoms with E-state index in [1.165, 1.54) is 0 Å². The van der Waals surface area contributed by atoms with Crippen molar-refractivity contribution in [1.82, 2.24) is 5.16 Å². The van der Waals surface area contributed by atoms with Crippen LogP contribution in [0.15, 0.2) is 10.6 Å². The number of aryl methyl sites for hydroxylation is 1. The fourth-order valence-electron chi connectivity index (χ4n) is 0.981. The summed E-state index contributed by atoms with van der Waals surface area (Å²) in [6, 6.07) is 1.71. The maximum Gasteiger partial charge on any atom is 0.231 e. The minimum atomic E-state index is -0.0987. The minimum absolute atomic E-state index is 0.0391. The van der Waals surface area contributed by atoms with Crippen molar-refractivity contribution in [3.63, 3.8) is 0 Å². The number of carbonyl (C=O) groups excluding carboxylic acids is 1. The highest BCUT2D eigenvalue weighted by atomic mass is 16.5. The summed E-state index contributed by atoms with van der Waals surface area (Å²) in [5.74, 6) is 0.288. The van der Waals surface area contributed by atoms with E-state index in [1.54, 1.807) is 13.0 Å². The number of rotatable bonds is 4. The molecular weight excluding hydrogens is 182 g/mol. The fourth-order valence-corrected chi connectivity index (χ4v) is 0.981. The monoisotopic (exact) mass is 197 g/mol. The third kappa shape index (κ3) is 3.57. The van der Waals surface area contributed by atoms with Gasteiger partial charge in [0.25, 0.3) is 0 Å². The fraction of sp³-hybridized carbons (Fsp3) is 0.556. The molecule has 1 atom stereocenters. The van der Waals surface area contributed by atoms with E-state index in [0.717, 1.165) is 5.69 Å². The molecule has 78 valence electrons. The van der Waals surface area contributed by atoms with Gasteiger partial charge in [-0.1, -0.05) is 5.16 Å². The van der Waals surface area contributed by atoms with E-state index in [4.69, 9.17) is 10.3 Å². The summed E-state index contributed by atoms with van der Waals surface area (Å²) in [6.45, 7) is 3.66. The number of aromatic nitrogens is 1. The molecule has 1 amide bonds. The average Bonchev–Trinajstić information content (AvgIpc) is 2.48. The Morgan fingerprint density at radius 3 is 3.00 bits per heavy atom. The van der Waals surface area contributed by atoms with E-state index in [9.17, 15) is 4.79 Å². The van der Waals surface area contributed by atoms with E-state index in [-0.39, 0.29) is 11.9 Å². The van der Waals surface area contributed by atoms with Gasteiger partial charge >= 0.3 is 0 Å². The summed E-state index contributed by atoms with van der Waals surface area (Å²) in [6.07, 6.45) is 1.07. The third-order valence-electron chi connectivity index (χ3n) is 1.72. The Morgan fingerprint density at radius 1 is 1.79 bits per heavy atom. The molecule has 0 radical (unpaired) electrons. The van der Waals surface area contributed by atoms with Gasteiger partial charge in [0.15, 0.2) is 0 Å². The van der Waals surface area contributed by atoms with Gasteiger partial charge in [-0.15, -0.1) is 0 Å². The normalized spacial score (nSPS) is 12.5. The topological polar surface area (TPSA) is 81.2 Å². The second-order valence-electron chi connectivity index (χ2n) is 3.40. The first-order valence-electron chi connectivity index (χ1n) is 4.56. The second kappa shape index (κ2) is 4.76. The van der Waals surface area contributed by atoms with E-state index >= 15 is 0 Å². The standard InChI is InChI=1S/C9H15N3O2/c1-6(10)3-4-8(13)11-9-5-7(2)12-14-9/h5-6H,3-4,10H2,1-2H3,(H,11,13). The lowest BCUT2D eigenvalue weighted by atomic mass is 10.2. The molecule has 0 aromatic carbocycles. The van der Waals surface area contributed by atoms with Crippen LogP contribution >= 0.6 is 0 Å². The average molecular weight is 197 g/mol. The molecule has 1 heterocycles. The van der Waals surface area contributed by atoms with Crippen LogP contribution in [0, 0.1) is 6.92 Å². The van der Waals surface area contributed by atoms with E-state index in [1.807, 2.05) is 6.92 Å². The summed E-state index contributed by atoms with van der Waals surface area (Å²) < 4.78 is 4.83. The summed E-state index contributed by atoms with van der Waals surface area (Å²) in [5, 5.41) is 6.24. The predicted octanol–water partition coefficient (Wildman–Crippen LogP) is 1.05. The summed E-state index contributed by atoms with van der Waals surface area (Å²) in [5.41, 5.74) is 6.27. The zero-order valence-electron chi connectivity index (χ0n) is 8.41. The highest BCUT2D eigenvalue weighted by molar-refractivity contribution is 5.89. The smallest absolute Gasteiger partial charge is 0.231 e. The molecule has 0 aliphatic rings. The van der Waals surface area contributed by atoms with Crippen LogP contribution in [-0.4, -0.2) is 17.1 Å². The zero-order chi connectivity index (χ0) is 10.6. The van der Waals surface area contributed by atoms with Crippen LogP contribution in [0.3, 0.4) is 0 Å². The Morgan fingerprint density at radius 2 is 2.50 bits per heavy atom. The molecule has 0 fully saturated rings. The largest absolute Gasteiger partial charge is 0.338 e. The number of anilines is 1. The Kier molecular flexibility index (Phi) is 3.64. The first kappa shape index (κ1) is 10.7. The molecule has 3 N–H and O–H groups in total. The van der Waals surface area contributed by atoms with E-state index < -0.39 is 0 Å². The summed E-state index contributed by atoms with van der Waals surface area (Å²) in [4.78, 5) is 11.3. The lowest BCUT2D eigenvalue weighted by Gasteiger charge is -2.03. The molecule has 0 aliphatic heterocycles. The van der Waals surface area contributed by atoms with Crippen molar-refractivity contribution in [2.45, 2.75) is 32.7 Å². The first-order chi connectivity index (χ1) is 6.58. The van der Waals surface area contributed by atoms with Crippen molar-refractivity contribution in [2.24, 2.45) is 5.73 Å². The number of hydrogen-bond donors (Lipinski definition) is 2. The molecule has 0 saturated heterocycles. The van der Waals surface area contributed by atoms with Gasteiger partial charge in [0, 0.05) is 18.5 Å². The number of nitrogens with zero attached hydrogens (tertiary/aromatic N) is 1. The molecule has 0 saturated carbocycles. The minimum Gasteiger partial charge on any atom is -0.338 e. The van der Waals surface area contributed by atoms with Gasteiger partial charge in [-0.2, -0.15) is 0 Å². The SMILES string of the molecule is Cc1cc(NC(=O)CCC(C)N)on1. The Hall–Kier alpha value is -1.36. The first-order valence-corrected chi connectivity index (χ1v) is 4.56. The Bertz CT molecular complexity index is 307. The molecule has 1 aromatic rings. The third-order valence-corrected chi connectivity index (χ3v) is 1.72. The zero-order valence-corrected chi connectivity index (χ0v) is 8.41. The number of amides is 1. The Balaban J connectivity index is 2.34. The van der Waals surface area contributed by atoms with Crippen LogP contribution in [0.1, 0.15) is 25.5 Å². The second-order valence-corrected chi connectivity index (χ2v) is 3.40. The summed E-state index contributed by atoms with van der Waals surface area (Å²) >= 11 is 0. The van der Waals surface area contributed by atoms with Crippen LogP contribution in [0.25, 0.3) is 0 Å². The molecule has 5 heteroatoms. The lowest BCUT2D eigenvalue weighted by molar-refractivity contribution is -0.116. The van der Waals surface area contributed by atoms with E-state index in [2.05, 4.69) is 10.5 Å². The molecular formula is C9H15N3O2. The van der Waals surface area contributed by atoms with Gasteiger partial charge in [0.2, 0.25) is 11.8 Å². The molecule has 1 rings (SSSR count). The number of nitrogens with one attached hydrogen (secondary N) is 1. The number of hydrogen-bond acceptors (Lipinski definition) is 4. The van der Waals surface area contributed by atoms with Gasteiger partial charge in [0.05, 0.1) is 5.69 Å². The molecule has 0 aliphatic carbocycles. The van der Waals surface area contributed by atoms with Crippen molar-refractivity contribution in [3.8, 4) is 0 Å². The van der Waals surface area contributed by atoms with Gasteiger partial charge in [-0.25, -0.2) is 0 Å². The maximum absolute atomic E-state index is 11.3. The lowest BCUT2D eigenvalue weighted by Crippen LogP contribution is -2.19. The van der Waals surface area contributed by atoms with Crippen molar-refractivity contribution < 1.29 is 9.32 Å². The summed E-state index contributed by atoms with van der Waals surface area (Å²) in [7, 11) is 0. The van der Waals surface area contributed by atoms with Gasteiger partial charge in [-0.3, -0.25) is 10.1 Å². The highest BCUT2D eigenvalue weighted by Crippen LogP contribution is 2.09. The maximum atomic E-state index is 11.3. The molecule has 0 spiro atoms. The van der Waals surface area contributed by atoms with Crippen molar-refractivity contribution in [3.05, 3.63) is 11.8 Å². The number of carbonyl (C=O) groups is 1. The Labute approximate surface area is 82.6 Å². The van der Waals surface area contributed by atoms with E-state index in [0.29, 0.717) is 18.7 Å². The van der Waals surface area contributed by atoms with Gasteiger partial charge < -0.3 is 10.3 Å². The van der Waals surface area contributed by atoms with Crippen LogP contribution in [0.5, 0.6) is 0 Å². The van der Waals surface area contributed by atoms with Crippen LogP contribution in [0.4, 0.5) is 5.88 Å². The predicted molar refractivity (Wildman–Crippen MR) is 52.8 cm³/mol. The van der Waals surface area contributed by atoms with Crippen LogP contribution in [-0.2, 0) is 4.79 Å². The van der Waals surface area contributed by atoms with Crippen molar-refractivity contribution in [2.75, 3.05) is 5.32 Å². The van der Waals surface area contributed by atoms with Gasteiger partial charge in [-0.05, 0) is 20.3 Å². The van der Waals surface area contributed by atoms with Gasteiger partial charge in [0.1, 0.15) is 0 Å². The van der Waals surface area contributed by atoms with Crippen molar-refractivity contribution in [1.29, 1.82) is 0 Å². The van der Waals surface area contributed by atoms with Crippen LogP contribution in [0.2, 0.25) is 0 Å².